The molecule has 0 bridgehead atoms. The molecule has 0 fully saturated rings. The molecule has 0 radical (unpaired) electrons. The minimum absolute atomic E-state index is 0.0133. The Kier molecular flexibility index (Phi) is 5.51. The number of ketones is 1. The van der Waals surface area contributed by atoms with Gasteiger partial charge in [0.1, 0.15) is 11.4 Å². The average molecular weight is 498 g/mol. The Hall–Kier alpha value is -2.17. The highest BCUT2D eigenvalue weighted by Gasteiger charge is 2.44. The van der Waals surface area contributed by atoms with Gasteiger partial charge in [0.2, 0.25) is 0 Å². The summed E-state index contributed by atoms with van der Waals surface area (Å²) in [6.07, 6.45) is 0.512. The molecule has 1 atom stereocenters. The maximum absolute atomic E-state index is 13.4. The Morgan fingerprint density at radius 2 is 1.50 bits per heavy atom. The zero-order valence-corrected chi connectivity index (χ0v) is 18.2. The van der Waals surface area contributed by atoms with Crippen LogP contribution >= 0.6 is 31.9 Å². The van der Waals surface area contributed by atoms with Gasteiger partial charge >= 0.3 is 0 Å². The van der Waals surface area contributed by atoms with Gasteiger partial charge in [-0.15, -0.1) is 0 Å². The standard InChI is InChI=1S/C24H18Br2O2/c25-16-24(19-11-13-20(26)14-12-19)15-21(22(27)17-7-3-1-4-8-17)23(28-24)18-9-5-2-6-10-18/h1-14H,15-16H2. The van der Waals surface area contributed by atoms with Crippen molar-refractivity contribution < 1.29 is 9.53 Å². The molecule has 0 amide bonds. The summed E-state index contributed by atoms with van der Waals surface area (Å²) < 4.78 is 7.57. The van der Waals surface area contributed by atoms with Crippen LogP contribution in [-0.2, 0) is 10.3 Å². The van der Waals surface area contributed by atoms with Gasteiger partial charge < -0.3 is 4.74 Å². The molecular weight excluding hydrogens is 480 g/mol. The molecule has 4 rings (SSSR count). The molecule has 1 unspecified atom stereocenters. The van der Waals surface area contributed by atoms with E-state index >= 15 is 0 Å². The molecule has 2 nitrogen and oxygen atoms in total. The molecule has 1 aliphatic rings. The third-order valence-electron chi connectivity index (χ3n) is 4.97. The van der Waals surface area contributed by atoms with Gasteiger partial charge in [0, 0.05) is 32.9 Å². The van der Waals surface area contributed by atoms with E-state index in [1.165, 1.54) is 0 Å². The van der Waals surface area contributed by atoms with Crippen molar-refractivity contribution in [2.45, 2.75) is 12.0 Å². The van der Waals surface area contributed by atoms with Gasteiger partial charge in [0.25, 0.3) is 0 Å². The van der Waals surface area contributed by atoms with E-state index in [1.54, 1.807) is 0 Å². The lowest BCUT2D eigenvalue weighted by molar-refractivity contribution is 0.0825. The van der Waals surface area contributed by atoms with Crippen LogP contribution in [0.1, 0.15) is 27.9 Å². The van der Waals surface area contributed by atoms with Crippen molar-refractivity contribution in [1.29, 1.82) is 0 Å². The summed E-state index contributed by atoms with van der Waals surface area (Å²) >= 11 is 7.14. The summed E-state index contributed by atoms with van der Waals surface area (Å²) in [7, 11) is 0. The fourth-order valence-corrected chi connectivity index (χ4v) is 4.40. The number of rotatable bonds is 5. The van der Waals surface area contributed by atoms with Gasteiger partial charge in [0.05, 0.1) is 0 Å². The molecule has 3 aromatic carbocycles. The lowest BCUT2D eigenvalue weighted by atomic mass is 9.87. The number of halogens is 2. The third-order valence-corrected chi connectivity index (χ3v) is 6.40. The molecule has 1 heterocycles. The maximum atomic E-state index is 13.4. The smallest absolute Gasteiger partial charge is 0.192 e. The normalized spacial score (nSPS) is 18.8. The van der Waals surface area contributed by atoms with Crippen molar-refractivity contribution in [3.05, 3.63) is 112 Å². The minimum atomic E-state index is -0.619. The first-order chi connectivity index (χ1) is 13.6. The Labute approximate surface area is 181 Å². The second-order valence-electron chi connectivity index (χ2n) is 6.78. The highest BCUT2D eigenvalue weighted by atomic mass is 79.9. The number of ether oxygens (including phenoxy) is 1. The molecule has 4 heteroatoms. The molecule has 3 aromatic rings. The van der Waals surface area contributed by atoms with Crippen molar-refractivity contribution in [2.24, 2.45) is 0 Å². The number of carbonyl (C=O) groups excluding carboxylic acids is 1. The van der Waals surface area contributed by atoms with Gasteiger partial charge in [-0.3, -0.25) is 4.79 Å². The molecule has 0 aliphatic carbocycles. The number of alkyl halides is 1. The van der Waals surface area contributed by atoms with E-state index in [-0.39, 0.29) is 5.78 Å². The van der Waals surface area contributed by atoms with Crippen molar-refractivity contribution in [2.75, 3.05) is 5.33 Å². The van der Waals surface area contributed by atoms with Crippen molar-refractivity contribution >= 4 is 43.4 Å². The molecule has 28 heavy (non-hydrogen) atoms. The predicted molar refractivity (Wildman–Crippen MR) is 119 cm³/mol. The molecular formula is C24H18Br2O2. The maximum Gasteiger partial charge on any atom is 0.192 e. The topological polar surface area (TPSA) is 26.3 Å². The van der Waals surface area contributed by atoms with Gasteiger partial charge in [-0.05, 0) is 17.7 Å². The van der Waals surface area contributed by atoms with Crippen molar-refractivity contribution in [3.8, 4) is 0 Å². The van der Waals surface area contributed by atoms with Crippen LogP contribution in [0.15, 0.2) is 95.0 Å². The van der Waals surface area contributed by atoms with Gasteiger partial charge in [-0.25, -0.2) is 0 Å². The minimum Gasteiger partial charge on any atom is -0.480 e. The molecule has 140 valence electrons. The lowest BCUT2D eigenvalue weighted by Gasteiger charge is -2.28. The van der Waals surface area contributed by atoms with Crippen molar-refractivity contribution in [1.82, 2.24) is 0 Å². The molecule has 0 aromatic heterocycles. The van der Waals surface area contributed by atoms with Crippen LogP contribution in [0.2, 0.25) is 0 Å². The summed E-state index contributed by atoms with van der Waals surface area (Å²) in [6, 6.07) is 27.3. The zero-order valence-electron chi connectivity index (χ0n) is 15.1. The van der Waals surface area contributed by atoms with Crippen LogP contribution in [0.3, 0.4) is 0 Å². The van der Waals surface area contributed by atoms with Gasteiger partial charge in [-0.1, -0.05) is 105 Å². The van der Waals surface area contributed by atoms with Gasteiger partial charge in [-0.2, -0.15) is 0 Å². The molecule has 0 N–H and O–H groups in total. The highest BCUT2D eigenvalue weighted by Crippen LogP contribution is 2.47. The fourth-order valence-electron chi connectivity index (χ4n) is 3.50. The third kappa shape index (κ3) is 3.59. The Bertz CT molecular complexity index is 1010. The molecule has 1 aliphatic heterocycles. The first-order valence-electron chi connectivity index (χ1n) is 9.02. The quantitative estimate of drug-likeness (QED) is 0.287. The largest absolute Gasteiger partial charge is 0.480 e. The Balaban J connectivity index is 1.81. The second kappa shape index (κ2) is 8.06. The summed E-state index contributed by atoms with van der Waals surface area (Å²) in [6.45, 7) is 0. The first-order valence-corrected chi connectivity index (χ1v) is 10.9. The van der Waals surface area contributed by atoms with Crippen LogP contribution in [0.4, 0.5) is 0 Å². The summed E-state index contributed by atoms with van der Waals surface area (Å²) in [5.74, 6) is 0.677. The number of Topliss-reactive ketones (excluding diaryl/α,β-unsaturated/α-hetero) is 1. The first kappa shape index (κ1) is 19.2. The van der Waals surface area contributed by atoms with Crippen LogP contribution in [0.25, 0.3) is 5.76 Å². The SMILES string of the molecule is O=C(C1=C(c2ccccc2)OC(CBr)(c2ccc(Br)cc2)C1)c1ccccc1. The second-order valence-corrected chi connectivity index (χ2v) is 8.26. The number of hydrogen-bond acceptors (Lipinski definition) is 2. The van der Waals surface area contributed by atoms with Gasteiger partial charge in [0.15, 0.2) is 5.78 Å². The highest BCUT2D eigenvalue weighted by molar-refractivity contribution is 9.10. The van der Waals surface area contributed by atoms with E-state index in [9.17, 15) is 4.79 Å². The predicted octanol–water partition coefficient (Wildman–Crippen LogP) is 6.75. The summed E-state index contributed by atoms with van der Waals surface area (Å²) in [5, 5.41) is 0.587. The van der Waals surface area contributed by atoms with Crippen LogP contribution in [0.5, 0.6) is 0 Å². The van der Waals surface area contributed by atoms with Crippen LogP contribution in [-0.4, -0.2) is 11.1 Å². The van der Waals surface area contributed by atoms with E-state index in [4.69, 9.17) is 4.74 Å². The van der Waals surface area contributed by atoms with Crippen molar-refractivity contribution in [3.63, 3.8) is 0 Å². The molecule has 0 saturated carbocycles. The number of carbonyl (C=O) groups is 1. The zero-order chi connectivity index (χ0) is 19.6. The number of hydrogen-bond donors (Lipinski definition) is 0. The number of benzene rings is 3. The summed E-state index contributed by atoms with van der Waals surface area (Å²) in [5.41, 5.74) is 2.72. The molecule has 0 spiro atoms. The van der Waals surface area contributed by atoms with E-state index in [0.29, 0.717) is 28.6 Å². The summed E-state index contributed by atoms with van der Waals surface area (Å²) in [4.78, 5) is 13.4. The van der Waals surface area contributed by atoms with E-state index < -0.39 is 5.60 Å². The Morgan fingerprint density at radius 1 is 0.893 bits per heavy atom. The van der Waals surface area contributed by atoms with E-state index in [2.05, 4.69) is 31.9 Å². The van der Waals surface area contributed by atoms with Crippen LogP contribution < -0.4 is 0 Å². The van der Waals surface area contributed by atoms with E-state index in [0.717, 1.165) is 15.6 Å². The fraction of sp³-hybridized carbons (Fsp3) is 0.125. The monoisotopic (exact) mass is 496 g/mol. The Morgan fingerprint density at radius 3 is 2.11 bits per heavy atom. The average Bonchev–Trinajstić information content (AvgIpc) is 3.16. The van der Waals surface area contributed by atoms with Crippen LogP contribution in [0, 0.1) is 0 Å². The van der Waals surface area contributed by atoms with E-state index in [1.807, 2.05) is 84.9 Å². The molecule has 0 saturated heterocycles. The lowest BCUT2D eigenvalue weighted by Crippen LogP contribution is -2.28.